The molecule has 0 aliphatic heterocycles. The van der Waals surface area contributed by atoms with E-state index in [9.17, 15) is 4.79 Å². The third kappa shape index (κ3) is 4.72. The van der Waals surface area contributed by atoms with Crippen molar-refractivity contribution < 1.29 is 4.79 Å². The maximum atomic E-state index is 12.4. The molecular formula is C18H29ClN2O. The van der Waals surface area contributed by atoms with Gasteiger partial charge in [-0.25, -0.2) is 0 Å². The van der Waals surface area contributed by atoms with Gasteiger partial charge in [0.1, 0.15) is 0 Å². The molecule has 0 saturated heterocycles. The molecule has 0 spiro atoms. The molecule has 0 bridgehead atoms. The summed E-state index contributed by atoms with van der Waals surface area (Å²) in [7, 11) is 0. The molecule has 0 heterocycles. The van der Waals surface area contributed by atoms with Crippen LogP contribution in [0.5, 0.6) is 0 Å². The number of hydrogen-bond acceptors (Lipinski definition) is 2. The summed E-state index contributed by atoms with van der Waals surface area (Å²) in [6.07, 6.45) is 4.08. The highest BCUT2D eigenvalue weighted by molar-refractivity contribution is 5.85. The standard InChI is InChI=1S/C18H28N2O.ClH/c1-13(2)15-9-7-14(8-10-15)12-20-17(21)16-6-4-5-11-18(16,3)19;/h7-10,13,16H,4-6,11-12,19H2,1-3H3,(H,20,21);1H. The summed E-state index contributed by atoms with van der Waals surface area (Å²) >= 11 is 0. The van der Waals surface area contributed by atoms with Crippen LogP contribution in [0.4, 0.5) is 0 Å². The van der Waals surface area contributed by atoms with Gasteiger partial charge in [-0.1, -0.05) is 51.0 Å². The smallest absolute Gasteiger partial charge is 0.225 e. The van der Waals surface area contributed by atoms with Crippen LogP contribution in [0.25, 0.3) is 0 Å². The van der Waals surface area contributed by atoms with E-state index in [-0.39, 0.29) is 29.8 Å². The molecule has 2 rings (SSSR count). The first-order valence-corrected chi connectivity index (χ1v) is 8.05. The van der Waals surface area contributed by atoms with Crippen molar-refractivity contribution in [2.24, 2.45) is 11.7 Å². The van der Waals surface area contributed by atoms with Gasteiger partial charge in [-0.15, -0.1) is 12.4 Å². The van der Waals surface area contributed by atoms with Crippen molar-refractivity contribution in [3.8, 4) is 0 Å². The molecule has 0 radical (unpaired) electrons. The van der Waals surface area contributed by atoms with Gasteiger partial charge in [0.05, 0.1) is 5.92 Å². The zero-order valence-corrected chi connectivity index (χ0v) is 14.7. The largest absolute Gasteiger partial charge is 0.352 e. The number of amides is 1. The number of benzene rings is 1. The molecule has 0 aromatic heterocycles. The minimum absolute atomic E-state index is 0. The van der Waals surface area contributed by atoms with Crippen molar-refractivity contribution in [3.05, 3.63) is 35.4 Å². The summed E-state index contributed by atoms with van der Waals surface area (Å²) in [6, 6.07) is 8.47. The van der Waals surface area contributed by atoms with Crippen molar-refractivity contribution >= 4 is 18.3 Å². The van der Waals surface area contributed by atoms with Crippen LogP contribution in [0.15, 0.2) is 24.3 Å². The highest BCUT2D eigenvalue weighted by atomic mass is 35.5. The molecule has 4 heteroatoms. The van der Waals surface area contributed by atoms with Crippen LogP contribution in [0.1, 0.15) is 63.5 Å². The van der Waals surface area contributed by atoms with E-state index in [1.54, 1.807) is 0 Å². The topological polar surface area (TPSA) is 55.1 Å². The van der Waals surface area contributed by atoms with Gasteiger partial charge < -0.3 is 11.1 Å². The Balaban J connectivity index is 0.00000242. The monoisotopic (exact) mass is 324 g/mol. The third-order valence-corrected chi connectivity index (χ3v) is 4.68. The van der Waals surface area contributed by atoms with Crippen LogP contribution in [-0.2, 0) is 11.3 Å². The van der Waals surface area contributed by atoms with Gasteiger partial charge in [-0.3, -0.25) is 4.79 Å². The van der Waals surface area contributed by atoms with Gasteiger partial charge in [-0.05, 0) is 36.8 Å². The van der Waals surface area contributed by atoms with Crippen molar-refractivity contribution in [2.45, 2.75) is 64.5 Å². The first-order valence-electron chi connectivity index (χ1n) is 8.05. The number of rotatable bonds is 4. The molecule has 1 saturated carbocycles. The van der Waals surface area contributed by atoms with E-state index in [0.29, 0.717) is 12.5 Å². The number of carbonyl (C=O) groups is 1. The van der Waals surface area contributed by atoms with E-state index in [2.05, 4.69) is 43.4 Å². The maximum Gasteiger partial charge on any atom is 0.225 e. The zero-order valence-electron chi connectivity index (χ0n) is 13.9. The summed E-state index contributed by atoms with van der Waals surface area (Å²) in [5.41, 5.74) is 8.39. The molecule has 1 aliphatic rings. The van der Waals surface area contributed by atoms with Gasteiger partial charge in [0.15, 0.2) is 0 Å². The number of nitrogens with two attached hydrogens (primary N) is 1. The van der Waals surface area contributed by atoms with Crippen LogP contribution >= 0.6 is 12.4 Å². The van der Waals surface area contributed by atoms with Crippen LogP contribution in [0, 0.1) is 5.92 Å². The highest BCUT2D eigenvalue weighted by Crippen LogP contribution is 2.31. The SMILES string of the molecule is CC(C)c1ccc(CNC(=O)C2CCCCC2(C)N)cc1.Cl. The molecule has 2 unspecified atom stereocenters. The second-order valence-corrected chi connectivity index (χ2v) is 6.92. The summed E-state index contributed by atoms with van der Waals surface area (Å²) in [5.74, 6) is 0.586. The van der Waals surface area contributed by atoms with Crippen molar-refractivity contribution in [1.29, 1.82) is 0 Å². The van der Waals surface area contributed by atoms with Crippen LogP contribution in [0.2, 0.25) is 0 Å². The van der Waals surface area contributed by atoms with Gasteiger partial charge in [0.2, 0.25) is 5.91 Å². The molecule has 3 nitrogen and oxygen atoms in total. The fourth-order valence-corrected chi connectivity index (χ4v) is 3.12. The van der Waals surface area contributed by atoms with E-state index in [0.717, 1.165) is 31.2 Å². The average Bonchev–Trinajstić information content (AvgIpc) is 2.44. The number of carbonyl (C=O) groups excluding carboxylic acids is 1. The molecule has 1 aromatic carbocycles. The van der Waals surface area contributed by atoms with E-state index in [4.69, 9.17) is 5.73 Å². The summed E-state index contributed by atoms with van der Waals surface area (Å²) in [6.45, 7) is 6.96. The molecule has 1 fully saturated rings. The molecule has 1 aromatic rings. The van der Waals surface area contributed by atoms with E-state index in [1.807, 2.05) is 6.92 Å². The lowest BCUT2D eigenvalue weighted by Crippen LogP contribution is -2.52. The Morgan fingerprint density at radius 1 is 1.32 bits per heavy atom. The van der Waals surface area contributed by atoms with Crippen molar-refractivity contribution in [1.82, 2.24) is 5.32 Å². The second-order valence-electron chi connectivity index (χ2n) is 6.92. The normalized spacial score (nSPS) is 24.7. The first-order chi connectivity index (χ1) is 9.90. The summed E-state index contributed by atoms with van der Waals surface area (Å²) in [4.78, 5) is 12.4. The Morgan fingerprint density at radius 2 is 1.95 bits per heavy atom. The van der Waals surface area contributed by atoms with Gasteiger partial charge in [0, 0.05) is 12.1 Å². The lowest BCUT2D eigenvalue weighted by molar-refractivity contribution is -0.128. The molecule has 1 aliphatic carbocycles. The molecule has 1 amide bonds. The van der Waals surface area contributed by atoms with E-state index >= 15 is 0 Å². The number of halogens is 1. The Hall–Kier alpha value is -1.06. The number of nitrogens with one attached hydrogen (secondary N) is 1. The quantitative estimate of drug-likeness (QED) is 0.886. The van der Waals surface area contributed by atoms with Crippen LogP contribution < -0.4 is 11.1 Å². The highest BCUT2D eigenvalue weighted by Gasteiger charge is 2.37. The van der Waals surface area contributed by atoms with Gasteiger partial charge >= 0.3 is 0 Å². The van der Waals surface area contributed by atoms with Crippen molar-refractivity contribution in [2.75, 3.05) is 0 Å². The fraction of sp³-hybridized carbons (Fsp3) is 0.611. The zero-order chi connectivity index (χ0) is 15.5. The van der Waals surface area contributed by atoms with Gasteiger partial charge in [-0.2, -0.15) is 0 Å². The van der Waals surface area contributed by atoms with Crippen LogP contribution in [0.3, 0.4) is 0 Å². The Morgan fingerprint density at radius 3 is 2.50 bits per heavy atom. The molecule has 2 atom stereocenters. The molecule has 124 valence electrons. The van der Waals surface area contributed by atoms with E-state index < -0.39 is 0 Å². The summed E-state index contributed by atoms with van der Waals surface area (Å²) < 4.78 is 0. The Kier molecular flexibility index (Phi) is 6.89. The van der Waals surface area contributed by atoms with E-state index in [1.165, 1.54) is 5.56 Å². The lowest BCUT2D eigenvalue weighted by Gasteiger charge is -2.37. The minimum Gasteiger partial charge on any atom is -0.352 e. The third-order valence-electron chi connectivity index (χ3n) is 4.68. The molecular weight excluding hydrogens is 296 g/mol. The predicted octanol–water partition coefficient (Wildman–Crippen LogP) is 3.76. The molecule has 22 heavy (non-hydrogen) atoms. The average molecular weight is 325 g/mol. The fourth-order valence-electron chi connectivity index (χ4n) is 3.12. The van der Waals surface area contributed by atoms with Gasteiger partial charge in [0.25, 0.3) is 0 Å². The molecule has 3 N–H and O–H groups in total. The summed E-state index contributed by atoms with van der Waals surface area (Å²) in [5, 5.41) is 3.05. The Labute approximate surface area is 140 Å². The number of hydrogen-bond donors (Lipinski definition) is 2. The Bertz CT molecular complexity index is 482. The minimum atomic E-state index is -0.357. The van der Waals surface area contributed by atoms with Crippen LogP contribution in [-0.4, -0.2) is 11.4 Å². The predicted molar refractivity (Wildman–Crippen MR) is 94.2 cm³/mol. The first kappa shape index (κ1) is 19.0. The van der Waals surface area contributed by atoms with Crippen molar-refractivity contribution in [3.63, 3.8) is 0 Å². The second kappa shape index (κ2) is 7.98. The maximum absolute atomic E-state index is 12.4. The lowest BCUT2D eigenvalue weighted by atomic mass is 9.74.